The van der Waals surface area contributed by atoms with Crippen molar-refractivity contribution in [3.8, 4) is 0 Å². The number of hydrogen-bond donors (Lipinski definition) is 1. The van der Waals surface area contributed by atoms with Crippen LogP contribution in [0.5, 0.6) is 0 Å². The molecule has 1 fully saturated rings. The van der Waals surface area contributed by atoms with E-state index in [-0.39, 0.29) is 17.3 Å². The highest BCUT2D eigenvalue weighted by Gasteiger charge is 2.48. The molecule has 2 aliphatic rings. The summed E-state index contributed by atoms with van der Waals surface area (Å²) >= 11 is 0. The van der Waals surface area contributed by atoms with Crippen molar-refractivity contribution < 1.29 is 9.90 Å². The summed E-state index contributed by atoms with van der Waals surface area (Å²) in [5.74, 6) is 0.260. The molecule has 2 atom stereocenters. The second kappa shape index (κ2) is 4.61. The number of ketones is 1. The van der Waals surface area contributed by atoms with Gasteiger partial charge in [0.05, 0.1) is 6.10 Å². The quantitative estimate of drug-likeness (QED) is 0.838. The van der Waals surface area contributed by atoms with Gasteiger partial charge in [-0.3, -0.25) is 4.79 Å². The zero-order chi connectivity index (χ0) is 13.5. The molecular weight excluding hydrogens is 236 g/mol. The first-order chi connectivity index (χ1) is 9.16. The van der Waals surface area contributed by atoms with E-state index in [0.717, 1.165) is 31.3 Å². The van der Waals surface area contributed by atoms with Crippen LogP contribution in [0.2, 0.25) is 0 Å². The molecule has 1 N–H and O–H groups in total. The van der Waals surface area contributed by atoms with Crippen molar-refractivity contribution in [3.05, 3.63) is 47.0 Å². The summed E-state index contributed by atoms with van der Waals surface area (Å²) < 4.78 is 0. The summed E-state index contributed by atoms with van der Waals surface area (Å²) in [5, 5.41) is 10.7. The summed E-state index contributed by atoms with van der Waals surface area (Å²) in [5.41, 5.74) is 2.95. The molecule has 19 heavy (non-hydrogen) atoms. The molecule has 100 valence electrons. The van der Waals surface area contributed by atoms with Gasteiger partial charge in [0.15, 0.2) is 5.78 Å². The summed E-state index contributed by atoms with van der Waals surface area (Å²) in [6.45, 7) is 1.94. The van der Waals surface area contributed by atoms with Gasteiger partial charge in [0.1, 0.15) is 0 Å². The highest BCUT2D eigenvalue weighted by atomic mass is 16.3. The fraction of sp³-hybridized carbons (Fsp3) is 0.471. The molecule has 0 radical (unpaired) electrons. The Morgan fingerprint density at radius 1 is 1.21 bits per heavy atom. The molecule has 3 rings (SSSR count). The fourth-order valence-electron chi connectivity index (χ4n) is 3.90. The monoisotopic (exact) mass is 256 g/mol. The molecule has 2 unspecified atom stereocenters. The lowest BCUT2D eigenvalue weighted by Crippen LogP contribution is -2.47. The second-order valence-corrected chi connectivity index (χ2v) is 5.77. The van der Waals surface area contributed by atoms with Crippen LogP contribution in [-0.4, -0.2) is 17.0 Å². The Bertz CT molecular complexity index is 529. The van der Waals surface area contributed by atoms with Crippen molar-refractivity contribution in [2.75, 3.05) is 0 Å². The van der Waals surface area contributed by atoms with Gasteiger partial charge in [0.2, 0.25) is 0 Å². The minimum Gasteiger partial charge on any atom is -0.392 e. The second-order valence-electron chi connectivity index (χ2n) is 5.77. The zero-order valence-electron chi connectivity index (χ0n) is 11.4. The number of aliphatic hydroxyl groups excluding tert-OH is 1. The minimum absolute atomic E-state index is 0.260. The predicted molar refractivity (Wildman–Crippen MR) is 74.9 cm³/mol. The predicted octanol–water partition coefficient (Wildman–Crippen LogP) is 3.15. The van der Waals surface area contributed by atoms with Gasteiger partial charge in [0.25, 0.3) is 0 Å². The van der Waals surface area contributed by atoms with E-state index < -0.39 is 0 Å². The molecule has 0 saturated heterocycles. The number of fused-ring (bicyclic) bond motifs is 1. The van der Waals surface area contributed by atoms with Crippen LogP contribution in [0, 0.1) is 0 Å². The Morgan fingerprint density at radius 2 is 1.95 bits per heavy atom. The average Bonchev–Trinajstić information content (AvgIpc) is 2.45. The SMILES string of the molecule is CC1=C2CCCC(O)C2(c2ccccc2)CCC1=O. The van der Waals surface area contributed by atoms with Gasteiger partial charge in [-0.1, -0.05) is 35.9 Å². The number of Topliss-reactive ketones (excluding diaryl/α,β-unsaturated/α-hetero) is 1. The lowest BCUT2D eigenvalue weighted by atomic mass is 9.58. The van der Waals surface area contributed by atoms with Crippen LogP contribution < -0.4 is 0 Å². The molecule has 2 heteroatoms. The molecule has 0 heterocycles. The lowest BCUT2D eigenvalue weighted by molar-refractivity contribution is -0.117. The number of benzene rings is 1. The topological polar surface area (TPSA) is 37.3 Å². The van der Waals surface area contributed by atoms with Gasteiger partial charge in [-0.05, 0) is 43.7 Å². The molecule has 1 saturated carbocycles. The Hall–Kier alpha value is -1.41. The molecule has 0 aliphatic heterocycles. The lowest BCUT2D eigenvalue weighted by Gasteiger charge is -2.47. The van der Waals surface area contributed by atoms with Crippen molar-refractivity contribution in [1.82, 2.24) is 0 Å². The Labute approximate surface area is 114 Å². The van der Waals surface area contributed by atoms with Crippen LogP contribution in [0.25, 0.3) is 0 Å². The Balaban J connectivity index is 2.21. The van der Waals surface area contributed by atoms with E-state index in [1.807, 2.05) is 25.1 Å². The first-order valence-corrected chi connectivity index (χ1v) is 7.13. The maximum Gasteiger partial charge on any atom is 0.158 e. The third kappa shape index (κ3) is 1.78. The van der Waals surface area contributed by atoms with Crippen LogP contribution in [-0.2, 0) is 10.2 Å². The third-order valence-electron chi connectivity index (χ3n) is 4.92. The summed E-state index contributed by atoms with van der Waals surface area (Å²) in [6, 6.07) is 10.2. The summed E-state index contributed by atoms with van der Waals surface area (Å²) in [4.78, 5) is 12.0. The van der Waals surface area contributed by atoms with Crippen LogP contribution in [0.3, 0.4) is 0 Å². The molecule has 2 aliphatic carbocycles. The van der Waals surface area contributed by atoms with E-state index in [1.165, 1.54) is 11.1 Å². The number of rotatable bonds is 1. The van der Waals surface area contributed by atoms with E-state index in [2.05, 4.69) is 12.1 Å². The van der Waals surface area contributed by atoms with Gasteiger partial charge in [-0.25, -0.2) is 0 Å². The molecule has 2 nitrogen and oxygen atoms in total. The van der Waals surface area contributed by atoms with Crippen LogP contribution in [0.1, 0.15) is 44.6 Å². The maximum absolute atomic E-state index is 12.0. The largest absolute Gasteiger partial charge is 0.392 e. The molecule has 0 aromatic heterocycles. The third-order valence-corrected chi connectivity index (χ3v) is 4.92. The number of carbonyl (C=O) groups excluding carboxylic acids is 1. The Kier molecular flexibility index (Phi) is 3.06. The molecule has 0 spiro atoms. The first-order valence-electron chi connectivity index (χ1n) is 7.13. The number of carbonyl (C=O) groups is 1. The van der Waals surface area contributed by atoms with Crippen molar-refractivity contribution in [1.29, 1.82) is 0 Å². The normalized spacial score (nSPS) is 31.3. The van der Waals surface area contributed by atoms with E-state index in [4.69, 9.17) is 0 Å². The van der Waals surface area contributed by atoms with E-state index in [0.29, 0.717) is 6.42 Å². The average molecular weight is 256 g/mol. The molecule has 0 bridgehead atoms. The van der Waals surface area contributed by atoms with Crippen LogP contribution in [0.15, 0.2) is 41.5 Å². The fourth-order valence-corrected chi connectivity index (χ4v) is 3.90. The highest BCUT2D eigenvalue weighted by Crippen LogP contribution is 2.50. The Morgan fingerprint density at radius 3 is 2.68 bits per heavy atom. The van der Waals surface area contributed by atoms with Crippen molar-refractivity contribution >= 4 is 5.78 Å². The van der Waals surface area contributed by atoms with Crippen molar-refractivity contribution in [2.45, 2.75) is 50.5 Å². The summed E-state index contributed by atoms with van der Waals surface area (Å²) in [6.07, 6.45) is 3.71. The molecule has 1 aromatic carbocycles. The number of hydrogen-bond acceptors (Lipinski definition) is 2. The standard InChI is InChI=1S/C17H20O2/c1-12-14-8-5-9-16(19)17(14,11-10-15(12)18)13-6-3-2-4-7-13/h2-4,6-7,16,19H,5,8-11H2,1H3. The van der Waals surface area contributed by atoms with Gasteiger partial charge in [-0.15, -0.1) is 0 Å². The van der Waals surface area contributed by atoms with Crippen molar-refractivity contribution in [3.63, 3.8) is 0 Å². The van der Waals surface area contributed by atoms with E-state index in [1.54, 1.807) is 0 Å². The number of aliphatic hydroxyl groups is 1. The summed E-state index contributed by atoms with van der Waals surface area (Å²) in [7, 11) is 0. The molecule has 1 aromatic rings. The van der Waals surface area contributed by atoms with Crippen LogP contribution in [0.4, 0.5) is 0 Å². The van der Waals surface area contributed by atoms with Gasteiger partial charge in [-0.2, -0.15) is 0 Å². The molecular formula is C17H20O2. The maximum atomic E-state index is 12.0. The zero-order valence-corrected chi connectivity index (χ0v) is 11.4. The van der Waals surface area contributed by atoms with Crippen molar-refractivity contribution in [2.24, 2.45) is 0 Å². The van der Waals surface area contributed by atoms with E-state index in [9.17, 15) is 9.90 Å². The number of allylic oxidation sites excluding steroid dienone is 1. The van der Waals surface area contributed by atoms with Gasteiger partial charge in [0, 0.05) is 11.8 Å². The minimum atomic E-state index is -0.360. The first kappa shape index (κ1) is 12.6. The van der Waals surface area contributed by atoms with Gasteiger partial charge < -0.3 is 5.11 Å². The van der Waals surface area contributed by atoms with Crippen LogP contribution >= 0.6 is 0 Å². The van der Waals surface area contributed by atoms with E-state index >= 15 is 0 Å². The highest BCUT2D eigenvalue weighted by molar-refractivity contribution is 5.97. The molecule has 0 amide bonds. The smallest absolute Gasteiger partial charge is 0.158 e. The van der Waals surface area contributed by atoms with Gasteiger partial charge >= 0.3 is 0 Å².